The number of likely N-dealkylation sites (tertiary alicyclic amines) is 1. The highest BCUT2D eigenvalue weighted by Crippen LogP contribution is 2.31. The summed E-state index contributed by atoms with van der Waals surface area (Å²) in [4.78, 5) is 2.07. The van der Waals surface area contributed by atoms with Gasteiger partial charge in [-0.3, -0.25) is 4.90 Å². The SMILES string of the molecule is OCCCC1CCCN1Cc1cc(F)cc(C(F)(F)F)c1. The van der Waals surface area contributed by atoms with E-state index >= 15 is 0 Å². The second-order valence-electron chi connectivity index (χ2n) is 5.48. The molecule has 0 aromatic heterocycles. The zero-order valence-electron chi connectivity index (χ0n) is 11.7. The first-order chi connectivity index (χ1) is 9.90. The lowest BCUT2D eigenvalue weighted by atomic mass is 10.1. The molecule has 1 aromatic rings. The van der Waals surface area contributed by atoms with E-state index in [1.807, 2.05) is 0 Å². The van der Waals surface area contributed by atoms with Crippen LogP contribution in [0.25, 0.3) is 0 Å². The quantitative estimate of drug-likeness (QED) is 0.841. The molecule has 1 saturated heterocycles. The topological polar surface area (TPSA) is 23.5 Å². The fraction of sp³-hybridized carbons (Fsp3) is 0.600. The van der Waals surface area contributed by atoms with Crippen molar-refractivity contribution >= 4 is 0 Å². The molecule has 1 aliphatic rings. The van der Waals surface area contributed by atoms with E-state index in [0.717, 1.165) is 37.9 Å². The minimum absolute atomic E-state index is 0.114. The molecule has 0 saturated carbocycles. The number of hydrogen-bond acceptors (Lipinski definition) is 2. The number of hydrogen-bond donors (Lipinski definition) is 1. The Morgan fingerprint density at radius 2 is 2.00 bits per heavy atom. The summed E-state index contributed by atoms with van der Waals surface area (Å²) < 4.78 is 51.5. The Kier molecular flexibility index (Phi) is 5.22. The Morgan fingerprint density at radius 1 is 1.24 bits per heavy atom. The third-order valence-corrected chi connectivity index (χ3v) is 3.87. The maximum atomic E-state index is 13.4. The Balaban J connectivity index is 2.10. The molecule has 1 N–H and O–H groups in total. The summed E-state index contributed by atoms with van der Waals surface area (Å²) in [5.41, 5.74) is -0.596. The largest absolute Gasteiger partial charge is 0.416 e. The minimum atomic E-state index is -4.53. The van der Waals surface area contributed by atoms with Crippen LogP contribution < -0.4 is 0 Å². The molecule has 1 unspecified atom stereocenters. The first-order valence-corrected chi connectivity index (χ1v) is 7.11. The molecule has 1 atom stereocenters. The van der Waals surface area contributed by atoms with Crippen LogP contribution in [-0.2, 0) is 12.7 Å². The van der Waals surface area contributed by atoms with Crippen molar-refractivity contribution < 1.29 is 22.7 Å². The lowest BCUT2D eigenvalue weighted by molar-refractivity contribution is -0.137. The number of aliphatic hydroxyl groups is 1. The van der Waals surface area contributed by atoms with Gasteiger partial charge in [0, 0.05) is 19.2 Å². The van der Waals surface area contributed by atoms with Crippen molar-refractivity contribution in [2.75, 3.05) is 13.2 Å². The Hall–Kier alpha value is -1.14. The van der Waals surface area contributed by atoms with Crippen molar-refractivity contribution in [1.82, 2.24) is 4.90 Å². The number of aliphatic hydroxyl groups excluding tert-OH is 1. The van der Waals surface area contributed by atoms with Crippen LogP contribution in [-0.4, -0.2) is 29.2 Å². The molecule has 0 aliphatic carbocycles. The molecular weight excluding hydrogens is 286 g/mol. The molecule has 6 heteroatoms. The summed E-state index contributed by atoms with van der Waals surface area (Å²) in [7, 11) is 0. The lowest BCUT2D eigenvalue weighted by Gasteiger charge is -2.24. The second kappa shape index (κ2) is 6.75. The van der Waals surface area contributed by atoms with Crippen LogP contribution in [0.15, 0.2) is 18.2 Å². The van der Waals surface area contributed by atoms with Gasteiger partial charge >= 0.3 is 6.18 Å². The van der Waals surface area contributed by atoms with Crippen molar-refractivity contribution in [3.63, 3.8) is 0 Å². The zero-order chi connectivity index (χ0) is 15.5. The first-order valence-electron chi connectivity index (χ1n) is 7.11. The maximum absolute atomic E-state index is 13.4. The Bertz CT molecular complexity index is 475. The smallest absolute Gasteiger partial charge is 0.396 e. The average molecular weight is 305 g/mol. The summed E-state index contributed by atoms with van der Waals surface area (Å²) in [6, 6.07) is 2.97. The van der Waals surface area contributed by atoms with Crippen molar-refractivity contribution in [2.24, 2.45) is 0 Å². The predicted octanol–water partition coefficient (Wildman–Crippen LogP) is 3.58. The van der Waals surface area contributed by atoms with Crippen LogP contribution in [0.3, 0.4) is 0 Å². The van der Waals surface area contributed by atoms with Gasteiger partial charge in [-0.1, -0.05) is 0 Å². The zero-order valence-corrected chi connectivity index (χ0v) is 11.7. The fourth-order valence-corrected chi connectivity index (χ4v) is 2.90. The van der Waals surface area contributed by atoms with Gasteiger partial charge in [-0.25, -0.2) is 4.39 Å². The van der Waals surface area contributed by atoms with E-state index in [1.54, 1.807) is 0 Å². The number of benzene rings is 1. The van der Waals surface area contributed by atoms with Crippen LogP contribution in [0.2, 0.25) is 0 Å². The number of rotatable bonds is 5. The van der Waals surface area contributed by atoms with Gasteiger partial charge in [0.25, 0.3) is 0 Å². The highest BCUT2D eigenvalue weighted by molar-refractivity contribution is 5.27. The summed E-state index contributed by atoms with van der Waals surface area (Å²) in [6.07, 6.45) is -1.08. The van der Waals surface area contributed by atoms with E-state index in [2.05, 4.69) is 4.90 Å². The van der Waals surface area contributed by atoms with Gasteiger partial charge in [0.1, 0.15) is 5.82 Å². The van der Waals surface area contributed by atoms with Gasteiger partial charge in [-0.15, -0.1) is 0 Å². The van der Waals surface area contributed by atoms with Gasteiger partial charge in [-0.2, -0.15) is 13.2 Å². The van der Waals surface area contributed by atoms with E-state index in [4.69, 9.17) is 5.11 Å². The van der Waals surface area contributed by atoms with Crippen LogP contribution >= 0.6 is 0 Å². The molecule has 0 spiro atoms. The van der Waals surface area contributed by atoms with E-state index in [9.17, 15) is 17.6 Å². The molecular formula is C15H19F4NO. The lowest BCUT2D eigenvalue weighted by Crippen LogP contribution is -2.29. The molecule has 1 fully saturated rings. The van der Waals surface area contributed by atoms with Gasteiger partial charge in [0.15, 0.2) is 0 Å². The maximum Gasteiger partial charge on any atom is 0.416 e. The van der Waals surface area contributed by atoms with Crippen molar-refractivity contribution in [3.05, 3.63) is 35.1 Å². The summed E-state index contributed by atoms with van der Waals surface area (Å²) in [5.74, 6) is -0.856. The second-order valence-corrected chi connectivity index (χ2v) is 5.48. The van der Waals surface area contributed by atoms with Gasteiger partial charge in [0.2, 0.25) is 0 Å². The van der Waals surface area contributed by atoms with Crippen LogP contribution in [0.5, 0.6) is 0 Å². The van der Waals surface area contributed by atoms with Crippen molar-refractivity contribution in [3.8, 4) is 0 Å². The Labute approximate surface area is 121 Å². The van der Waals surface area contributed by atoms with Gasteiger partial charge in [0.05, 0.1) is 5.56 Å². The molecule has 0 radical (unpaired) electrons. The predicted molar refractivity (Wildman–Crippen MR) is 71.2 cm³/mol. The molecule has 1 aromatic carbocycles. The molecule has 21 heavy (non-hydrogen) atoms. The molecule has 0 bridgehead atoms. The molecule has 2 nitrogen and oxygen atoms in total. The van der Waals surface area contributed by atoms with E-state index < -0.39 is 17.6 Å². The highest BCUT2D eigenvalue weighted by atomic mass is 19.4. The average Bonchev–Trinajstić information content (AvgIpc) is 2.82. The Morgan fingerprint density at radius 3 is 2.67 bits per heavy atom. The molecule has 1 heterocycles. The van der Waals surface area contributed by atoms with Crippen LogP contribution in [0.1, 0.15) is 36.8 Å². The molecule has 2 rings (SSSR count). The summed E-state index contributed by atoms with van der Waals surface area (Å²) in [6.45, 7) is 1.23. The van der Waals surface area contributed by atoms with Crippen LogP contribution in [0.4, 0.5) is 17.6 Å². The van der Waals surface area contributed by atoms with Crippen molar-refractivity contribution in [2.45, 2.75) is 44.4 Å². The monoisotopic (exact) mass is 305 g/mol. The third-order valence-electron chi connectivity index (χ3n) is 3.87. The summed E-state index contributed by atoms with van der Waals surface area (Å²) in [5, 5.41) is 8.87. The molecule has 118 valence electrons. The van der Waals surface area contributed by atoms with E-state index in [1.165, 1.54) is 0 Å². The standard InChI is InChI=1S/C15H19F4NO/c16-13-8-11(7-12(9-13)15(17,18)19)10-20-5-1-3-14(20)4-2-6-21/h7-9,14,21H,1-6,10H2. The third kappa shape index (κ3) is 4.41. The van der Waals surface area contributed by atoms with Gasteiger partial charge < -0.3 is 5.11 Å². The minimum Gasteiger partial charge on any atom is -0.396 e. The fourth-order valence-electron chi connectivity index (χ4n) is 2.90. The molecule has 0 amide bonds. The number of alkyl halides is 3. The van der Waals surface area contributed by atoms with Crippen molar-refractivity contribution in [1.29, 1.82) is 0 Å². The summed E-state index contributed by atoms with van der Waals surface area (Å²) >= 11 is 0. The van der Waals surface area contributed by atoms with E-state index in [0.29, 0.717) is 24.6 Å². The number of halogens is 4. The van der Waals surface area contributed by atoms with Crippen LogP contribution in [0, 0.1) is 5.82 Å². The van der Waals surface area contributed by atoms with E-state index in [-0.39, 0.29) is 12.6 Å². The number of nitrogens with zero attached hydrogens (tertiary/aromatic N) is 1. The highest BCUT2D eigenvalue weighted by Gasteiger charge is 2.32. The first kappa shape index (κ1) is 16.2. The normalized spacial score (nSPS) is 20.1. The van der Waals surface area contributed by atoms with Gasteiger partial charge in [-0.05, 0) is 56.0 Å². The molecule has 1 aliphatic heterocycles.